The molecule has 3 aromatic heterocycles. The van der Waals surface area contributed by atoms with Gasteiger partial charge in [0.25, 0.3) is 5.56 Å². The number of aromatic nitrogens is 4. The summed E-state index contributed by atoms with van der Waals surface area (Å²) in [5, 5.41) is 9.78. The molecule has 0 unspecified atom stereocenters. The molecule has 7 heteroatoms. The van der Waals surface area contributed by atoms with Crippen LogP contribution in [-0.2, 0) is 13.6 Å². The fourth-order valence-electron chi connectivity index (χ4n) is 4.04. The number of hydrogen-bond donors (Lipinski definition) is 1. The number of hydrogen-bond acceptors (Lipinski definition) is 4. The molecule has 0 radical (unpaired) electrons. The zero-order chi connectivity index (χ0) is 22.1. The minimum atomic E-state index is -0.0816. The van der Waals surface area contributed by atoms with Crippen molar-refractivity contribution < 1.29 is 4.74 Å². The van der Waals surface area contributed by atoms with Gasteiger partial charge in [0.05, 0.1) is 17.9 Å². The Hall–Kier alpha value is -4.31. The lowest BCUT2D eigenvalue weighted by Gasteiger charge is -2.16. The third-order valence-electron chi connectivity index (χ3n) is 5.57. The summed E-state index contributed by atoms with van der Waals surface area (Å²) in [6, 6.07) is 17.7. The highest BCUT2D eigenvalue weighted by Crippen LogP contribution is 2.41. The van der Waals surface area contributed by atoms with E-state index in [1.807, 2.05) is 59.3 Å². The molecule has 0 spiro atoms. The number of pyridine rings is 1. The smallest absolute Gasteiger partial charge is 0.274 e. The number of H-pyrrole nitrogens is 1. The van der Waals surface area contributed by atoms with Crippen molar-refractivity contribution in [3.63, 3.8) is 0 Å². The number of imidazole rings is 1. The number of benzene rings is 2. The Morgan fingerprint density at radius 3 is 2.78 bits per heavy atom. The molecule has 7 nitrogen and oxygen atoms in total. The van der Waals surface area contributed by atoms with Crippen LogP contribution in [0.25, 0.3) is 33.1 Å². The molecule has 2 aromatic carbocycles. The third kappa shape index (κ3) is 3.32. The minimum absolute atomic E-state index is 0.0816. The average molecular weight is 423 g/mol. The highest BCUT2D eigenvalue weighted by molar-refractivity contribution is 6.00. The summed E-state index contributed by atoms with van der Waals surface area (Å²) in [5.74, 6) is 1.38. The molecule has 0 atom stereocenters. The van der Waals surface area contributed by atoms with E-state index in [4.69, 9.17) is 10.00 Å². The number of nitrogens with zero attached hydrogens (tertiary/aromatic N) is 4. The van der Waals surface area contributed by atoms with Crippen LogP contribution in [0.2, 0.25) is 0 Å². The van der Waals surface area contributed by atoms with E-state index in [0.717, 1.165) is 34.0 Å². The molecule has 3 heterocycles. The van der Waals surface area contributed by atoms with Crippen LogP contribution < -0.4 is 10.3 Å². The molecule has 0 fully saturated rings. The maximum Gasteiger partial charge on any atom is 0.274 e. The first-order valence-corrected chi connectivity index (χ1v) is 10.4. The van der Waals surface area contributed by atoms with Gasteiger partial charge >= 0.3 is 0 Å². The van der Waals surface area contributed by atoms with Crippen LogP contribution in [0.1, 0.15) is 12.8 Å². The van der Waals surface area contributed by atoms with Gasteiger partial charge in [0.1, 0.15) is 16.8 Å². The van der Waals surface area contributed by atoms with Gasteiger partial charge < -0.3 is 18.9 Å². The monoisotopic (exact) mass is 423 g/mol. The highest BCUT2D eigenvalue weighted by Gasteiger charge is 2.20. The lowest BCUT2D eigenvalue weighted by molar-refractivity contribution is 0.486. The quantitative estimate of drug-likeness (QED) is 0.390. The summed E-state index contributed by atoms with van der Waals surface area (Å²) in [5.41, 5.74) is 3.90. The Morgan fingerprint density at radius 2 is 1.97 bits per heavy atom. The van der Waals surface area contributed by atoms with E-state index in [-0.39, 0.29) is 5.56 Å². The molecule has 0 aliphatic carbocycles. The number of aryl methyl sites for hydroxylation is 2. The Bertz CT molecular complexity index is 1520. The number of unbranched alkanes of at least 4 members (excludes halogenated alkanes) is 1. The molecule has 0 saturated heterocycles. The zero-order valence-electron chi connectivity index (χ0n) is 17.6. The van der Waals surface area contributed by atoms with E-state index in [1.54, 1.807) is 24.1 Å². The van der Waals surface area contributed by atoms with Crippen molar-refractivity contribution in [1.82, 2.24) is 19.1 Å². The van der Waals surface area contributed by atoms with Crippen LogP contribution >= 0.6 is 0 Å². The molecular formula is C25H21N5O2. The summed E-state index contributed by atoms with van der Waals surface area (Å²) in [6.45, 7) is 0.658. The highest BCUT2D eigenvalue weighted by atomic mass is 16.5. The zero-order valence-corrected chi connectivity index (χ0v) is 17.6. The standard InChI is InChI=1S/C25H21N5O2/c1-29-15-20(18-11-13-27-22(18)25(29)31)19-9-10-21-23(30(16-28-21)14-6-5-12-26)24(19)32-17-7-3-2-4-8-17/h2-4,7-11,13,15-16,27H,5-6,14H2,1H3. The van der Waals surface area contributed by atoms with Crippen molar-refractivity contribution in [3.8, 4) is 28.7 Å². The van der Waals surface area contributed by atoms with Crippen molar-refractivity contribution in [2.45, 2.75) is 19.4 Å². The topological polar surface area (TPSA) is 88.6 Å². The van der Waals surface area contributed by atoms with Crippen LogP contribution in [-0.4, -0.2) is 19.1 Å². The largest absolute Gasteiger partial charge is 0.454 e. The molecule has 0 aliphatic heterocycles. The van der Waals surface area contributed by atoms with Crippen LogP contribution in [0.3, 0.4) is 0 Å². The van der Waals surface area contributed by atoms with Gasteiger partial charge in [-0.15, -0.1) is 0 Å². The molecular weight excluding hydrogens is 402 g/mol. The normalized spacial score (nSPS) is 11.1. The maximum absolute atomic E-state index is 12.6. The summed E-state index contributed by atoms with van der Waals surface area (Å²) >= 11 is 0. The van der Waals surface area contributed by atoms with Crippen molar-refractivity contribution in [2.24, 2.45) is 7.05 Å². The SMILES string of the molecule is Cn1cc(-c2ccc3ncn(CCCC#N)c3c2Oc2ccccc2)c2cc[nH]c2c1=O. The van der Waals surface area contributed by atoms with Crippen LogP contribution in [0, 0.1) is 11.3 Å². The number of para-hydroxylation sites is 1. The number of ether oxygens (including phenoxy) is 1. The Balaban J connectivity index is 1.78. The van der Waals surface area contributed by atoms with Gasteiger partial charge in [-0.05, 0) is 36.8 Å². The first kappa shape index (κ1) is 19.6. The summed E-state index contributed by atoms with van der Waals surface area (Å²) in [4.78, 5) is 20.2. The first-order chi connectivity index (χ1) is 15.7. The second-order valence-electron chi connectivity index (χ2n) is 7.65. The van der Waals surface area contributed by atoms with E-state index in [0.29, 0.717) is 30.0 Å². The van der Waals surface area contributed by atoms with Gasteiger partial charge in [-0.25, -0.2) is 4.98 Å². The molecule has 0 amide bonds. The molecule has 158 valence electrons. The average Bonchev–Trinajstić information content (AvgIpc) is 3.46. The molecule has 0 aliphatic rings. The van der Waals surface area contributed by atoms with Crippen molar-refractivity contribution in [2.75, 3.05) is 0 Å². The fraction of sp³-hybridized carbons (Fsp3) is 0.160. The van der Waals surface area contributed by atoms with Gasteiger partial charge in [0.2, 0.25) is 0 Å². The summed E-state index contributed by atoms with van der Waals surface area (Å²) < 4.78 is 10.1. The van der Waals surface area contributed by atoms with Crippen molar-refractivity contribution in [3.05, 3.63) is 77.6 Å². The number of aromatic amines is 1. The van der Waals surface area contributed by atoms with Gasteiger partial charge in [0, 0.05) is 48.9 Å². The third-order valence-corrected chi connectivity index (χ3v) is 5.57. The Morgan fingerprint density at radius 1 is 1.12 bits per heavy atom. The van der Waals surface area contributed by atoms with Crippen LogP contribution in [0.5, 0.6) is 11.5 Å². The summed E-state index contributed by atoms with van der Waals surface area (Å²) in [6.07, 6.45) is 6.60. The predicted octanol–water partition coefficient (Wildman–Crippen LogP) is 4.98. The molecule has 1 N–H and O–H groups in total. The van der Waals surface area contributed by atoms with Crippen molar-refractivity contribution >= 4 is 21.9 Å². The Kier molecular flexibility index (Phi) is 4.96. The van der Waals surface area contributed by atoms with E-state index in [9.17, 15) is 4.79 Å². The van der Waals surface area contributed by atoms with E-state index >= 15 is 0 Å². The van der Waals surface area contributed by atoms with E-state index in [1.165, 1.54) is 0 Å². The molecule has 32 heavy (non-hydrogen) atoms. The van der Waals surface area contributed by atoms with E-state index < -0.39 is 0 Å². The molecule has 5 aromatic rings. The minimum Gasteiger partial charge on any atom is -0.454 e. The summed E-state index contributed by atoms with van der Waals surface area (Å²) in [7, 11) is 1.74. The number of nitriles is 1. The van der Waals surface area contributed by atoms with Gasteiger partial charge in [-0.1, -0.05) is 18.2 Å². The maximum atomic E-state index is 12.6. The van der Waals surface area contributed by atoms with Gasteiger partial charge in [-0.3, -0.25) is 4.79 Å². The second kappa shape index (κ2) is 8.08. The fourth-order valence-corrected chi connectivity index (χ4v) is 4.04. The number of fused-ring (bicyclic) bond motifs is 2. The molecule has 5 rings (SSSR count). The van der Waals surface area contributed by atoms with Gasteiger partial charge in [-0.2, -0.15) is 5.26 Å². The number of rotatable bonds is 6. The first-order valence-electron chi connectivity index (χ1n) is 10.4. The van der Waals surface area contributed by atoms with Crippen LogP contribution in [0.4, 0.5) is 0 Å². The van der Waals surface area contributed by atoms with Crippen molar-refractivity contribution in [1.29, 1.82) is 5.26 Å². The molecule has 0 saturated carbocycles. The second-order valence-corrected chi connectivity index (χ2v) is 7.65. The van der Waals surface area contributed by atoms with E-state index in [2.05, 4.69) is 16.0 Å². The van der Waals surface area contributed by atoms with Crippen LogP contribution in [0.15, 0.2) is 72.0 Å². The Labute approximate surface area is 184 Å². The molecule has 0 bridgehead atoms. The predicted molar refractivity (Wildman–Crippen MR) is 124 cm³/mol. The lowest BCUT2D eigenvalue weighted by Crippen LogP contribution is -2.16. The van der Waals surface area contributed by atoms with Gasteiger partial charge in [0.15, 0.2) is 5.75 Å². The number of nitrogens with one attached hydrogen (secondary N) is 1. The lowest BCUT2D eigenvalue weighted by atomic mass is 10.0.